The summed E-state index contributed by atoms with van der Waals surface area (Å²) in [6, 6.07) is 12.5. The molecule has 2 heterocycles. The number of benzene rings is 2. The molecular weight excluding hydrogens is 330 g/mol. The highest BCUT2D eigenvalue weighted by Gasteiger charge is 2.53. The SMILES string of the molecule is [2H]C([2H])([2H])C1(C)c2nc(-c3cc(C)cc(C)c3)[n+](C)n2-c2c(C)cccc2C1(C)C. The van der Waals surface area contributed by atoms with Crippen LogP contribution >= 0.6 is 0 Å². The van der Waals surface area contributed by atoms with Gasteiger partial charge in [-0.2, -0.15) is 0 Å². The fourth-order valence-electron chi connectivity index (χ4n) is 4.38. The van der Waals surface area contributed by atoms with Crippen LogP contribution in [0, 0.1) is 20.8 Å². The zero-order valence-corrected chi connectivity index (χ0v) is 17.3. The lowest BCUT2D eigenvalue weighted by atomic mass is 9.61. The first kappa shape index (κ1) is 14.6. The summed E-state index contributed by atoms with van der Waals surface area (Å²) in [5, 5.41) is 0. The van der Waals surface area contributed by atoms with Crippen LogP contribution in [-0.4, -0.2) is 9.67 Å². The van der Waals surface area contributed by atoms with Gasteiger partial charge in [0.15, 0.2) is 0 Å². The summed E-state index contributed by atoms with van der Waals surface area (Å²) in [7, 11) is 1.97. The standard InChI is InChI=1S/C24H30N3/c1-15-12-16(2)14-18(13-15)21-25-22-24(6,7)23(4,5)19-11-9-10-17(3)20(19)27(22)26(21)8/h9-14H,1-8H3/q+1/i6D3. The van der Waals surface area contributed by atoms with Crippen LogP contribution in [0.4, 0.5) is 0 Å². The van der Waals surface area contributed by atoms with Crippen molar-refractivity contribution in [3.8, 4) is 17.1 Å². The molecule has 0 bridgehead atoms. The molecule has 4 rings (SSSR count). The van der Waals surface area contributed by atoms with Gasteiger partial charge in [0, 0.05) is 9.53 Å². The van der Waals surface area contributed by atoms with E-state index in [0.717, 1.165) is 39.3 Å². The number of hydrogen-bond acceptors (Lipinski definition) is 1. The van der Waals surface area contributed by atoms with E-state index in [0.29, 0.717) is 5.82 Å². The summed E-state index contributed by atoms with van der Waals surface area (Å²) >= 11 is 0. The van der Waals surface area contributed by atoms with E-state index in [1.807, 2.05) is 43.2 Å². The summed E-state index contributed by atoms with van der Waals surface area (Å²) in [5.41, 5.74) is 4.70. The van der Waals surface area contributed by atoms with Crippen molar-refractivity contribution in [2.45, 2.75) is 59.2 Å². The molecule has 27 heavy (non-hydrogen) atoms. The van der Waals surface area contributed by atoms with Crippen molar-refractivity contribution < 1.29 is 8.79 Å². The van der Waals surface area contributed by atoms with Gasteiger partial charge in [-0.3, -0.25) is 0 Å². The molecule has 0 fully saturated rings. The lowest BCUT2D eigenvalue weighted by molar-refractivity contribution is -0.736. The first-order chi connectivity index (χ1) is 13.8. The van der Waals surface area contributed by atoms with Gasteiger partial charge in [0.2, 0.25) is 0 Å². The van der Waals surface area contributed by atoms with E-state index < -0.39 is 17.7 Å². The van der Waals surface area contributed by atoms with Gasteiger partial charge >= 0.3 is 5.82 Å². The maximum Gasteiger partial charge on any atom is 0.351 e. The Balaban J connectivity index is 2.16. The summed E-state index contributed by atoms with van der Waals surface area (Å²) in [6.07, 6.45) is 0. The minimum Gasteiger partial charge on any atom is -0.147 e. The second-order valence-electron chi connectivity index (χ2n) is 8.69. The van der Waals surface area contributed by atoms with Crippen molar-refractivity contribution >= 4 is 0 Å². The molecular formula is C24H30N3+. The van der Waals surface area contributed by atoms with Gasteiger partial charge in [0.1, 0.15) is 7.05 Å². The highest BCUT2D eigenvalue weighted by atomic mass is 15.5. The molecule has 0 N–H and O–H groups in total. The van der Waals surface area contributed by atoms with Crippen molar-refractivity contribution in [2.75, 3.05) is 0 Å². The topological polar surface area (TPSA) is 21.7 Å². The Labute approximate surface area is 166 Å². The van der Waals surface area contributed by atoms with Crippen molar-refractivity contribution in [3.63, 3.8) is 0 Å². The second kappa shape index (κ2) is 5.54. The summed E-state index contributed by atoms with van der Waals surface area (Å²) in [6.45, 7) is 9.90. The molecule has 140 valence electrons. The van der Waals surface area contributed by atoms with Gasteiger partial charge in [-0.05, 0) is 73.9 Å². The fraction of sp³-hybridized carbons (Fsp3) is 0.417. The Kier molecular flexibility index (Phi) is 3.00. The summed E-state index contributed by atoms with van der Waals surface area (Å²) in [5.74, 6) is 1.37. The zero-order chi connectivity index (χ0) is 22.2. The van der Waals surface area contributed by atoms with E-state index in [1.54, 1.807) is 0 Å². The third-order valence-electron chi connectivity index (χ3n) is 6.32. The van der Waals surface area contributed by atoms with Gasteiger partial charge < -0.3 is 0 Å². The molecule has 0 radical (unpaired) electrons. The minimum absolute atomic E-state index is 0.589. The van der Waals surface area contributed by atoms with E-state index in [2.05, 4.69) is 51.1 Å². The van der Waals surface area contributed by atoms with Gasteiger partial charge in [0.05, 0.1) is 16.7 Å². The molecule has 1 unspecified atom stereocenters. The molecule has 0 aliphatic carbocycles. The Morgan fingerprint density at radius 2 is 1.67 bits per heavy atom. The predicted octanol–water partition coefficient (Wildman–Crippen LogP) is 4.86. The molecule has 0 spiro atoms. The Hall–Kier alpha value is -2.42. The number of hydrogen-bond donors (Lipinski definition) is 0. The minimum atomic E-state index is -2.23. The average Bonchev–Trinajstić information content (AvgIpc) is 2.95. The highest BCUT2D eigenvalue weighted by Crippen LogP contribution is 2.49. The number of aryl methyl sites for hydroxylation is 3. The Morgan fingerprint density at radius 3 is 2.30 bits per heavy atom. The van der Waals surface area contributed by atoms with Crippen LogP contribution in [0.25, 0.3) is 17.1 Å². The van der Waals surface area contributed by atoms with Crippen molar-refractivity contribution in [3.05, 3.63) is 64.5 Å². The first-order valence-electron chi connectivity index (χ1n) is 11.0. The van der Waals surface area contributed by atoms with Gasteiger partial charge in [-0.1, -0.05) is 38.1 Å². The van der Waals surface area contributed by atoms with E-state index in [1.165, 1.54) is 0 Å². The largest absolute Gasteiger partial charge is 0.351 e. The first-order valence-corrected chi connectivity index (χ1v) is 9.49. The van der Waals surface area contributed by atoms with Crippen molar-refractivity contribution in [1.29, 1.82) is 0 Å². The van der Waals surface area contributed by atoms with Crippen LogP contribution in [0.2, 0.25) is 0 Å². The summed E-state index contributed by atoms with van der Waals surface area (Å²) in [4.78, 5) is 5.02. The average molecular weight is 364 g/mol. The normalized spacial score (nSPS) is 22.4. The molecule has 1 aliphatic rings. The van der Waals surface area contributed by atoms with Crippen LogP contribution < -0.4 is 4.68 Å². The number of aromatic nitrogens is 3. The van der Waals surface area contributed by atoms with Crippen LogP contribution in [0.3, 0.4) is 0 Å². The number of nitrogens with zero attached hydrogens (tertiary/aromatic N) is 3. The number of para-hydroxylation sites is 1. The van der Waals surface area contributed by atoms with E-state index in [-0.39, 0.29) is 0 Å². The molecule has 0 saturated carbocycles. The fourth-order valence-corrected chi connectivity index (χ4v) is 4.38. The molecule has 1 aromatic heterocycles. The molecule has 0 amide bonds. The Morgan fingerprint density at radius 1 is 1.00 bits per heavy atom. The monoisotopic (exact) mass is 363 g/mol. The van der Waals surface area contributed by atoms with E-state index in [4.69, 9.17) is 9.10 Å². The quantitative estimate of drug-likeness (QED) is 0.566. The lowest BCUT2D eigenvalue weighted by Gasteiger charge is -2.44. The number of fused-ring (bicyclic) bond motifs is 3. The van der Waals surface area contributed by atoms with E-state index >= 15 is 0 Å². The van der Waals surface area contributed by atoms with Gasteiger partial charge in [-0.25, -0.2) is 0 Å². The Bertz CT molecular complexity index is 1150. The van der Waals surface area contributed by atoms with Crippen LogP contribution in [0.1, 0.15) is 59.8 Å². The molecule has 2 aromatic carbocycles. The molecule has 3 heteroatoms. The third-order valence-corrected chi connectivity index (χ3v) is 6.32. The van der Waals surface area contributed by atoms with Crippen molar-refractivity contribution in [2.24, 2.45) is 7.05 Å². The second-order valence-corrected chi connectivity index (χ2v) is 8.69. The highest BCUT2D eigenvalue weighted by molar-refractivity contribution is 5.59. The molecule has 3 aromatic rings. The van der Waals surface area contributed by atoms with Gasteiger partial charge in [-0.15, -0.1) is 9.36 Å². The molecule has 1 aliphatic heterocycles. The van der Waals surface area contributed by atoms with E-state index in [9.17, 15) is 0 Å². The molecule has 3 nitrogen and oxygen atoms in total. The van der Waals surface area contributed by atoms with Crippen LogP contribution in [-0.2, 0) is 17.9 Å². The molecule has 1 atom stereocenters. The maximum atomic E-state index is 8.53. The van der Waals surface area contributed by atoms with Crippen LogP contribution in [0.15, 0.2) is 36.4 Å². The smallest absolute Gasteiger partial charge is 0.147 e. The lowest BCUT2D eigenvalue weighted by Crippen LogP contribution is -2.51. The van der Waals surface area contributed by atoms with Crippen molar-refractivity contribution in [1.82, 2.24) is 9.67 Å². The summed E-state index contributed by atoms with van der Waals surface area (Å²) < 4.78 is 29.6. The van der Waals surface area contributed by atoms with Crippen LogP contribution in [0.5, 0.6) is 0 Å². The zero-order valence-electron chi connectivity index (χ0n) is 20.3. The third kappa shape index (κ3) is 2.33. The maximum absolute atomic E-state index is 8.53. The van der Waals surface area contributed by atoms with Gasteiger partial charge in [0.25, 0.3) is 5.82 Å². The predicted molar refractivity (Wildman–Crippen MR) is 110 cm³/mol. The molecule has 0 saturated heterocycles. The number of rotatable bonds is 1.